The molecule has 1 aliphatic rings. The number of unbranched alkanes of at least 4 members (excludes halogenated alkanes) is 6. The number of alkyl halides is 3. The molecule has 1 aliphatic heterocycles. The van der Waals surface area contributed by atoms with Crippen LogP contribution in [0.1, 0.15) is 102 Å². The summed E-state index contributed by atoms with van der Waals surface area (Å²) in [6.45, 7) is 13.0. The van der Waals surface area contributed by atoms with E-state index in [4.69, 9.17) is 9.90 Å². The molecule has 2 unspecified atom stereocenters. The van der Waals surface area contributed by atoms with Crippen LogP contribution in [-0.4, -0.2) is 30.1 Å². The maximum absolute atomic E-state index is 10.5. The van der Waals surface area contributed by atoms with Crippen molar-refractivity contribution in [2.75, 3.05) is 13.1 Å². The van der Waals surface area contributed by atoms with Gasteiger partial charge in [0.05, 0.1) is 0 Å². The topological polar surface area (TPSA) is 47.2 Å². The third-order valence-electron chi connectivity index (χ3n) is 6.18. The number of rotatable bonds is 11. The largest absolute Gasteiger partial charge is 0.542 e. The van der Waals surface area contributed by atoms with Crippen LogP contribution in [0.25, 0.3) is 0 Å². The highest BCUT2D eigenvalue weighted by Crippen LogP contribution is 2.33. The van der Waals surface area contributed by atoms with E-state index in [1.165, 1.54) is 89.4 Å². The number of aryl methyl sites for hydroxylation is 2. The first-order valence-corrected chi connectivity index (χ1v) is 12.6. The van der Waals surface area contributed by atoms with Crippen molar-refractivity contribution in [2.24, 2.45) is 5.92 Å². The molecule has 0 radical (unpaired) electrons. The maximum atomic E-state index is 10.5. The highest BCUT2D eigenvalue weighted by Gasteiger charge is 2.29. The van der Waals surface area contributed by atoms with Crippen LogP contribution in [0.15, 0.2) is 18.5 Å². The van der Waals surface area contributed by atoms with Gasteiger partial charge in [-0.3, -0.25) is 4.90 Å². The molecule has 1 aromatic heterocycles. The fraction of sp³-hybridized carbons (Fsp3) is 0.769. The third-order valence-corrected chi connectivity index (χ3v) is 6.18. The smallest absolute Gasteiger partial charge is 0.430 e. The number of halogens is 3. The van der Waals surface area contributed by atoms with E-state index in [1.54, 1.807) is 5.56 Å². The standard InChI is InChI=1S/C24H43N2.C2HF3O2/c1-5-7-9-11-15-25-18-22(4)17-23(20-25)24-14-13-21(3)19-26(24)16-12-10-8-6-2;3-2(4,5)1(6)7/h17-18,20-21,24H,5-16,19H2,1-4H3;(H,6,7)/q+1;/p-1. The molecule has 0 aromatic carbocycles. The summed E-state index contributed by atoms with van der Waals surface area (Å²) < 4.78 is 34.0. The average Bonchev–Trinajstić information content (AvgIpc) is 2.74. The van der Waals surface area contributed by atoms with Crippen molar-refractivity contribution in [1.29, 1.82) is 0 Å². The summed E-state index contributed by atoms with van der Waals surface area (Å²) in [4.78, 5) is 11.6. The number of carbonyl (C=O) groups excluding carboxylic acids is 1. The molecule has 0 amide bonds. The number of aliphatic carboxylic acids is 1. The van der Waals surface area contributed by atoms with E-state index >= 15 is 0 Å². The Morgan fingerprint density at radius 1 is 1.06 bits per heavy atom. The lowest BCUT2D eigenvalue weighted by Gasteiger charge is -2.38. The molecule has 4 nitrogen and oxygen atoms in total. The fourth-order valence-electron chi connectivity index (χ4n) is 4.47. The van der Waals surface area contributed by atoms with Crippen LogP contribution in [0, 0.1) is 12.8 Å². The number of carbonyl (C=O) groups is 1. The Kier molecular flexibility index (Phi) is 13.6. The highest BCUT2D eigenvalue weighted by molar-refractivity contribution is 5.70. The SMILES string of the molecule is CCCCCCN1CC(C)CCC1c1cc(C)c[n+](CCCCCC)c1.O=C([O-])C(F)(F)F. The zero-order chi connectivity index (χ0) is 24.9. The first-order chi connectivity index (χ1) is 15.6. The van der Waals surface area contributed by atoms with Gasteiger partial charge in [-0.2, -0.15) is 13.2 Å². The Bertz CT molecular complexity index is 695. The van der Waals surface area contributed by atoms with Gasteiger partial charge in [-0.15, -0.1) is 0 Å². The molecule has 0 N–H and O–H groups in total. The summed E-state index contributed by atoms with van der Waals surface area (Å²) in [6.07, 6.45) is 13.1. The van der Waals surface area contributed by atoms with Gasteiger partial charge in [0.25, 0.3) is 0 Å². The van der Waals surface area contributed by atoms with Crippen LogP contribution >= 0.6 is 0 Å². The molecule has 0 aliphatic carbocycles. The number of carboxylic acids is 1. The quantitative estimate of drug-likeness (QED) is 0.315. The van der Waals surface area contributed by atoms with Crippen molar-refractivity contribution >= 4 is 5.97 Å². The van der Waals surface area contributed by atoms with Gasteiger partial charge in [0.1, 0.15) is 12.5 Å². The number of likely N-dealkylation sites (tertiary alicyclic amines) is 1. The lowest BCUT2D eigenvalue weighted by molar-refractivity contribution is -0.698. The Morgan fingerprint density at radius 2 is 1.67 bits per heavy atom. The van der Waals surface area contributed by atoms with E-state index in [-0.39, 0.29) is 0 Å². The van der Waals surface area contributed by atoms with E-state index in [2.05, 4.69) is 55.6 Å². The van der Waals surface area contributed by atoms with Gasteiger partial charge in [0.2, 0.25) is 0 Å². The molecule has 190 valence electrons. The van der Waals surface area contributed by atoms with E-state index in [9.17, 15) is 13.2 Å². The number of aromatic nitrogens is 1. The van der Waals surface area contributed by atoms with E-state index in [0.717, 1.165) is 5.92 Å². The van der Waals surface area contributed by atoms with Crippen molar-refractivity contribution in [3.05, 3.63) is 29.6 Å². The lowest BCUT2D eigenvalue weighted by atomic mass is 9.90. The average molecular weight is 473 g/mol. The van der Waals surface area contributed by atoms with E-state index < -0.39 is 12.1 Å². The van der Waals surface area contributed by atoms with E-state index in [0.29, 0.717) is 6.04 Å². The molecule has 0 bridgehead atoms. The predicted octanol–water partition coefficient (Wildman–Crippen LogP) is 5.51. The van der Waals surface area contributed by atoms with Crippen molar-refractivity contribution in [3.8, 4) is 0 Å². The molecule has 0 saturated carbocycles. The number of nitrogens with zero attached hydrogens (tertiary/aromatic N) is 2. The Balaban J connectivity index is 0.000000675. The third kappa shape index (κ3) is 11.9. The number of piperidine rings is 1. The summed E-state index contributed by atoms with van der Waals surface area (Å²) in [5, 5.41) is 8.78. The zero-order valence-electron chi connectivity index (χ0n) is 20.9. The van der Waals surface area contributed by atoms with Gasteiger partial charge in [-0.1, -0.05) is 52.9 Å². The van der Waals surface area contributed by atoms with Crippen LogP contribution in [-0.2, 0) is 11.3 Å². The molecule has 2 heterocycles. The monoisotopic (exact) mass is 472 g/mol. The summed E-state index contributed by atoms with van der Waals surface area (Å²) in [5.41, 5.74) is 2.98. The van der Waals surface area contributed by atoms with Crippen LogP contribution in [0.5, 0.6) is 0 Å². The minimum atomic E-state index is -5.19. The lowest BCUT2D eigenvalue weighted by Crippen LogP contribution is -2.40. The minimum absolute atomic E-state index is 0.634. The van der Waals surface area contributed by atoms with Crippen LogP contribution < -0.4 is 9.67 Å². The maximum Gasteiger partial charge on any atom is 0.430 e. The molecule has 0 spiro atoms. The van der Waals surface area contributed by atoms with Gasteiger partial charge in [-0.25, -0.2) is 4.57 Å². The van der Waals surface area contributed by atoms with Crippen molar-refractivity contribution < 1.29 is 27.6 Å². The molecular weight excluding hydrogens is 429 g/mol. The zero-order valence-corrected chi connectivity index (χ0v) is 20.9. The van der Waals surface area contributed by atoms with Gasteiger partial charge in [-0.05, 0) is 51.1 Å². The summed E-state index contributed by atoms with van der Waals surface area (Å²) in [7, 11) is 0. The second kappa shape index (κ2) is 15.3. The molecule has 1 aromatic rings. The number of pyridine rings is 1. The molecule has 7 heteroatoms. The highest BCUT2D eigenvalue weighted by atomic mass is 19.4. The number of hydrogen-bond acceptors (Lipinski definition) is 3. The van der Waals surface area contributed by atoms with Gasteiger partial charge < -0.3 is 9.90 Å². The molecule has 1 fully saturated rings. The predicted molar refractivity (Wildman–Crippen MR) is 123 cm³/mol. The fourth-order valence-corrected chi connectivity index (χ4v) is 4.47. The van der Waals surface area contributed by atoms with Crippen LogP contribution in [0.2, 0.25) is 0 Å². The van der Waals surface area contributed by atoms with Crippen LogP contribution in [0.3, 0.4) is 0 Å². The van der Waals surface area contributed by atoms with Crippen molar-refractivity contribution in [2.45, 2.75) is 111 Å². The van der Waals surface area contributed by atoms with Gasteiger partial charge >= 0.3 is 6.18 Å². The Labute approximate surface area is 198 Å². The molecule has 2 atom stereocenters. The summed E-state index contributed by atoms with van der Waals surface area (Å²) in [6, 6.07) is 3.08. The van der Waals surface area contributed by atoms with Crippen molar-refractivity contribution in [1.82, 2.24) is 4.90 Å². The summed E-state index contributed by atoms with van der Waals surface area (Å²) in [5.74, 6) is -2.16. The molecular formula is C26H43F3N2O2. The Morgan fingerprint density at radius 3 is 2.24 bits per heavy atom. The molecule has 33 heavy (non-hydrogen) atoms. The summed E-state index contributed by atoms with van der Waals surface area (Å²) >= 11 is 0. The normalized spacial score (nSPS) is 19.1. The Hall–Kier alpha value is -1.63. The number of hydrogen-bond donors (Lipinski definition) is 0. The number of carboxylic acid groups (broad SMARTS) is 1. The molecule has 1 saturated heterocycles. The second-order valence-corrected chi connectivity index (χ2v) is 9.48. The van der Waals surface area contributed by atoms with Gasteiger partial charge in [0.15, 0.2) is 12.4 Å². The van der Waals surface area contributed by atoms with Gasteiger partial charge in [0, 0.05) is 30.1 Å². The van der Waals surface area contributed by atoms with Crippen molar-refractivity contribution in [3.63, 3.8) is 0 Å². The second-order valence-electron chi connectivity index (χ2n) is 9.48. The first kappa shape index (κ1) is 29.4. The van der Waals surface area contributed by atoms with Crippen LogP contribution in [0.4, 0.5) is 13.2 Å². The minimum Gasteiger partial charge on any atom is -0.542 e. The molecule has 2 rings (SSSR count). The first-order valence-electron chi connectivity index (χ1n) is 12.6. The van der Waals surface area contributed by atoms with E-state index in [1.807, 2.05) is 0 Å².